The average Bonchev–Trinajstić information content (AvgIpc) is 2.42. The predicted molar refractivity (Wildman–Crippen MR) is 75.8 cm³/mol. The van der Waals surface area contributed by atoms with Gasteiger partial charge in [-0.25, -0.2) is 0 Å². The smallest absolute Gasteiger partial charge is 0.243 e. The molecule has 19 heavy (non-hydrogen) atoms. The van der Waals surface area contributed by atoms with Crippen LogP contribution in [0.4, 0.5) is 0 Å². The van der Waals surface area contributed by atoms with Gasteiger partial charge in [0.15, 0.2) is 0 Å². The molecule has 0 aliphatic carbocycles. The highest BCUT2D eigenvalue weighted by Gasteiger charge is 2.23. The number of nitrogens with one attached hydrogen (secondary N) is 2. The van der Waals surface area contributed by atoms with E-state index in [1.807, 2.05) is 44.2 Å². The molecule has 0 saturated carbocycles. The maximum atomic E-state index is 12.0. The molecule has 0 fully saturated rings. The number of alkyl halides is 1. The molecule has 104 valence electrons. The third-order valence-electron chi connectivity index (χ3n) is 2.70. The third-order valence-corrected chi connectivity index (χ3v) is 2.94. The Bertz CT molecular complexity index is 421. The van der Waals surface area contributed by atoms with Crippen LogP contribution in [0, 0.1) is 5.92 Å². The fourth-order valence-electron chi connectivity index (χ4n) is 1.64. The summed E-state index contributed by atoms with van der Waals surface area (Å²) in [6, 6.07) is 9.05. The lowest BCUT2D eigenvalue weighted by Crippen LogP contribution is -2.49. The molecule has 0 radical (unpaired) electrons. The Morgan fingerprint density at radius 2 is 1.84 bits per heavy atom. The van der Waals surface area contributed by atoms with Crippen molar-refractivity contribution in [3.05, 3.63) is 35.9 Å². The predicted octanol–water partition coefficient (Wildman–Crippen LogP) is 1.68. The van der Waals surface area contributed by atoms with E-state index in [4.69, 9.17) is 11.6 Å². The molecule has 2 N–H and O–H groups in total. The second-order valence-electron chi connectivity index (χ2n) is 4.63. The van der Waals surface area contributed by atoms with Crippen LogP contribution >= 0.6 is 11.6 Å². The molecule has 1 aromatic carbocycles. The summed E-state index contributed by atoms with van der Waals surface area (Å²) in [5.74, 6) is -0.676. The normalized spacial score (nSPS) is 12.0. The van der Waals surface area contributed by atoms with Crippen molar-refractivity contribution in [1.82, 2.24) is 10.6 Å². The zero-order chi connectivity index (χ0) is 14.3. The largest absolute Gasteiger partial charge is 0.350 e. The van der Waals surface area contributed by atoms with Gasteiger partial charge in [-0.2, -0.15) is 0 Å². The van der Waals surface area contributed by atoms with Gasteiger partial charge in [-0.15, -0.1) is 11.6 Å². The van der Waals surface area contributed by atoms with Crippen LogP contribution in [-0.4, -0.2) is 23.7 Å². The Morgan fingerprint density at radius 1 is 1.21 bits per heavy atom. The first-order valence-corrected chi connectivity index (χ1v) is 6.75. The minimum atomic E-state index is -0.560. The van der Waals surface area contributed by atoms with Gasteiger partial charge in [-0.05, 0) is 11.5 Å². The van der Waals surface area contributed by atoms with Crippen molar-refractivity contribution in [2.24, 2.45) is 5.92 Å². The molecule has 1 rings (SSSR count). The zero-order valence-corrected chi connectivity index (χ0v) is 11.9. The van der Waals surface area contributed by atoms with Crippen LogP contribution in [0.5, 0.6) is 0 Å². The second kappa shape index (κ2) is 7.79. The van der Waals surface area contributed by atoms with Crippen LogP contribution in [0.15, 0.2) is 30.3 Å². The van der Waals surface area contributed by atoms with Gasteiger partial charge in [0.05, 0.1) is 0 Å². The first kappa shape index (κ1) is 15.5. The highest BCUT2D eigenvalue weighted by Crippen LogP contribution is 2.03. The molecule has 5 heteroatoms. The molecule has 1 atom stereocenters. The molecule has 0 aromatic heterocycles. The number of halogens is 1. The van der Waals surface area contributed by atoms with Crippen molar-refractivity contribution in [3.8, 4) is 0 Å². The van der Waals surface area contributed by atoms with Crippen LogP contribution < -0.4 is 10.6 Å². The molecule has 0 heterocycles. The van der Waals surface area contributed by atoms with E-state index in [-0.39, 0.29) is 23.6 Å². The van der Waals surface area contributed by atoms with E-state index < -0.39 is 6.04 Å². The first-order valence-electron chi connectivity index (χ1n) is 6.21. The Balaban J connectivity index is 2.55. The van der Waals surface area contributed by atoms with Gasteiger partial charge >= 0.3 is 0 Å². The highest BCUT2D eigenvalue weighted by molar-refractivity contribution is 6.27. The molecule has 0 saturated heterocycles. The van der Waals surface area contributed by atoms with Gasteiger partial charge in [-0.1, -0.05) is 44.2 Å². The molecule has 1 aromatic rings. The summed E-state index contributed by atoms with van der Waals surface area (Å²) in [6.45, 7) is 4.20. The maximum Gasteiger partial charge on any atom is 0.243 e. The lowest BCUT2D eigenvalue weighted by Gasteiger charge is -2.21. The van der Waals surface area contributed by atoms with E-state index in [9.17, 15) is 9.59 Å². The van der Waals surface area contributed by atoms with Crippen LogP contribution in [0.2, 0.25) is 0 Å². The molecule has 0 bridgehead atoms. The summed E-state index contributed by atoms with van der Waals surface area (Å²) in [7, 11) is 0. The van der Waals surface area contributed by atoms with Crippen molar-refractivity contribution < 1.29 is 9.59 Å². The van der Waals surface area contributed by atoms with Gasteiger partial charge in [0.2, 0.25) is 11.8 Å². The van der Waals surface area contributed by atoms with Gasteiger partial charge in [0.25, 0.3) is 0 Å². The Labute approximate surface area is 118 Å². The van der Waals surface area contributed by atoms with Crippen LogP contribution in [0.25, 0.3) is 0 Å². The Kier molecular flexibility index (Phi) is 6.36. The Hall–Kier alpha value is -1.55. The number of carbonyl (C=O) groups excluding carboxylic acids is 2. The van der Waals surface area contributed by atoms with Gasteiger partial charge in [0.1, 0.15) is 11.9 Å². The van der Waals surface area contributed by atoms with Gasteiger partial charge < -0.3 is 10.6 Å². The quantitative estimate of drug-likeness (QED) is 0.780. The summed E-state index contributed by atoms with van der Waals surface area (Å²) >= 11 is 5.43. The number of amides is 2. The van der Waals surface area contributed by atoms with Crippen molar-refractivity contribution in [2.45, 2.75) is 26.4 Å². The summed E-state index contributed by atoms with van der Waals surface area (Å²) in [5, 5.41) is 5.43. The van der Waals surface area contributed by atoms with Crippen molar-refractivity contribution in [3.63, 3.8) is 0 Å². The molecule has 0 aliphatic rings. The molecule has 4 nitrogen and oxygen atoms in total. The van der Waals surface area contributed by atoms with E-state index in [0.717, 1.165) is 5.56 Å². The molecule has 0 unspecified atom stereocenters. The zero-order valence-electron chi connectivity index (χ0n) is 11.2. The lowest BCUT2D eigenvalue weighted by atomic mass is 10.0. The van der Waals surface area contributed by atoms with Gasteiger partial charge in [0, 0.05) is 6.54 Å². The van der Waals surface area contributed by atoms with E-state index in [0.29, 0.717) is 6.54 Å². The summed E-state index contributed by atoms with van der Waals surface area (Å²) in [4.78, 5) is 23.3. The summed E-state index contributed by atoms with van der Waals surface area (Å²) in [5.41, 5.74) is 1.02. The lowest BCUT2D eigenvalue weighted by molar-refractivity contribution is -0.129. The van der Waals surface area contributed by atoms with Crippen molar-refractivity contribution in [1.29, 1.82) is 0 Å². The van der Waals surface area contributed by atoms with Crippen LogP contribution in [0.3, 0.4) is 0 Å². The fourth-order valence-corrected chi connectivity index (χ4v) is 1.72. The topological polar surface area (TPSA) is 58.2 Å². The van der Waals surface area contributed by atoms with E-state index in [2.05, 4.69) is 10.6 Å². The first-order chi connectivity index (χ1) is 9.04. The van der Waals surface area contributed by atoms with E-state index in [1.165, 1.54) is 0 Å². The standard InChI is InChI=1S/C14H19ClN2O2/c1-10(2)13(17-12(18)8-15)14(19)16-9-11-6-4-3-5-7-11/h3-7,10,13H,8-9H2,1-2H3,(H,16,19)(H,17,18)/t13-/m0/s1. The molecular formula is C14H19ClN2O2. The van der Waals surface area contributed by atoms with Crippen molar-refractivity contribution >= 4 is 23.4 Å². The minimum Gasteiger partial charge on any atom is -0.350 e. The number of benzene rings is 1. The van der Waals surface area contributed by atoms with Crippen molar-refractivity contribution in [2.75, 3.05) is 5.88 Å². The number of carbonyl (C=O) groups is 2. The summed E-state index contributed by atoms with van der Waals surface area (Å²) < 4.78 is 0. The maximum absolute atomic E-state index is 12.0. The van der Waals surface area contributed by atoms with E-state index in [1.54, 1.807) is 0 Å². The SMILES string of the molecule is CC(C)[C@H](NC(=O)CCl)C(=O)NCc1ccccc1. The fraction of sp³-hybridized carbons (Fsp3) is 0.429. The minimum absolute atomic E-state index is 0.00272. The monoisotopic (exact) mass is 282 g/mol. The molecule has 0 aliphatic heterocycles. The van der Waals surface area contributed by atoms with Crippen LogP contribution in [-0.2, 0) is 16.1 Å². The molecular weight excluding hydrogens is 264 g/mol. The van der Waals surface area contributed by atoms with Crippen LogP contribution in [0.1, 0.15) is 19.4 Å². The number of hydrogen-bond acceptors (Lipinski definition) is 2. The summed E-state index contributed by atoms with van der Waals surface area (Å²) in [6.07, 6.45) is 0. The third kappa shape index (κ3) is 5.30. The van der Waals surface area contributed by atoms with E-state index >= 15 is 0 Å². The Morgan fingerprint density at radius 3 is 2.37 bits per heavy atom. The number of hydrogen-bond donors (Lipinski definition) is 2. The average molecular weight is 283 g/mol. The van der Waals surface area contributed by atoms with Gasteiger partial charge in [-0.3, -0.25) is 9.59 Å². The molecule has 0 spiro atoms. The number of rotatable bonds is 6. The highest BCUT2D eigenvalue weighted by atomic mass is 35.5. The second-order valence-corrected chi connectivity index (χ2v) is 4.89. The molecule has 2 amide bonds.